The number of nitrogens with zero attached hydrogens (tertiary/aromatic N) is 2. The van der Waals surface area contributed by atoms with Crippen LogP contribution in [0.2, 0.25) is 0 Å². The summed E-state index contributed by atoms with van der Waals surface area (Å²) in [6.45, 7) is 3.30. The smallest absolute Gasteiger partial charge is 0.418 e. The van der Waals surface area contributed by atoms with Crippen molar-refractivity contribution < 1.29 is 26.9 Å². The molecule has 2 atom stereocenters. The highest BCUT2D eigenvalue weighted by molar-refractivity contribution is 6.50. The summed E-state index contributed by atoms with van der Waals surface area (Å²) in [4.78, 5) is 0. The van der Waals surface area contributed by atoms with Crippen LogP contribution in [-0.2, 0) is 6.54 Å². The molecular formula is C13H23BF4N2O. The van der Waals surface area contributed by atoms with Gasteiger partial charge in [-0.05, 0) is 25.7 Å². The molecule has 0 amide bonds. The van der Waals surface area contributed by atoms with E-state index in [0.29, 0.717) is 6.04 Å². The van der Waals surface area contributed by atoms with E-state index in [1.54, 1.807) is 0 Å². The Morgan fingerprint density at radius 3 is 2.43 bits per heavy atom. The van der Waals surface area contributed by atoms with Crippen molar-refractivity contribution in [3.8, 4) is 0 Å². The fourth-order valence-electron chi connectivity index (χ4n) is 2.52. The molecule has 0 aliphatic heterocycles. The molecule has 2 rings (SSSR count). The van der Waals surface area contributed by atoms with Gasteiger partial charge in [-0.1, -0.05) is 19.8 Å². The standard InChI is InChI=1S/C13H23N2O.BF4/c1-2-3-8-14-9-10-15(11-14)12-6-4-5-7-13(12)16;2-1(3,4)5/h9-13,16H,2-8H2,1H3;/q+1;-1/t12-,13-;/m0./s1. The predicted octanol–water partition coefficient (Wildman–Crippen LogP) is 3.35. The monoisotopic (exact) mass is 310 g/mol. The summed E-state index contributed by atoms with van der Waals surface area (Å²) in [7, 11) is -6.00. The molecule has 1 aromatic heterocycles. The van der Waals surface area contributed by atoms with Gasteiger partial charge in [0, 0.05) is 0 Å². The fourth-order valence-corrected chi connectivity index (χ4v) is 2.52. The van der Waals surface area contributed by atoms with Crippen LogP contribution >= 0.6 is 0 Å². The zero-order chi connectivity index (χ0) is 15.9. The third kappa shape index (κ3) is 7.50. The van der Waals surface area contributed by atoms with Gasteiger partial charge in [0.2, 0.25) is 6.33 Å². The quantitative estimate of drug-likeness (QED) is 0.516. The van der Waals surface area contributed by atoms with Crippen LogP contribution in [0.1, 0.15) is 51.5 Å². The Kier molecular flexibility index (Phi) is 7.21. The number of hydrogen-bond acceptors (Lipinski definition) is 1. The van der Waals surface area contributed by atoms with Crippen LogP contribution in [0.25, 0.3) is 0 Å². The first-order valence-corrected chi connectivity index (χ1v) is 7.43. The van der Waals surface area contributed by atoms with E-state index in [9.17, 15) is 22.4 Å². The molecule has 1 aliphatic carbocycles. The van der Waals surface area contributed by atoms with Crippen molar-refractivity contribution in [2.75, 3.05) is 0 Å². The second-order valence-corrected chi connectivity index (χ2v) is 5.37. The number of aromatic nitrogens is 2. The summed E-state index contributed by atoms with van der Waals surface area (Å²) < 4.78 is 43.4. The summed E-state index contributed by atoms with van der Waals surface area (Å²) in [5.74, 6) is 0. The molecule has 1 saturated carbocycles. The average Bonchev–Trinajstić information content (AvgIpc) is 2.83. The first-order valence-electron chi connectivity index (χ1n) is 7.43. The first-order chi connectivity index (χ1) is 9.81. The van der Waals surface area contributed by atoms with Gasteiger partial charge in [-0.25, -0.2) is 9.13 Å². The Labute approximate surface area is 122 Å². The van der Waals surface area contributed by atoms with Gasteiger partial charge < -0.3 is 22.4 Å². The van der Waals surface area contributed by atoms with Crippen LogP contribution in [0.15, 0.2) is 18.7 Å². The molecule has 3 nitrogen and oxygen atoms in total. The van der Waals surface area contributed by atoms with Crippen LogP contribution in [0.4, 0.5) is 17.3 Å². The number of rotatable bonds is 4. The van der Waals surface area contributed by atoms with Crippen LogP contribution in [0, 0.1) is 0 Å². The highest BCUT2D eigenvalue weighted by Gasteiger charge is 2.28. The minimum atomic E-state index is -6.00. The van der Waals surface area contributed by atoms with Gasteiger partial charge >= 0.3 is 7.25 Å². The van der Waals surface area contributed by atoms with Crippen molar-refractivity contribution >= 4 is 7.25 Å². The average molecular weight is 310 g/mol. The van der Waals surface area contributed by atoms with E-state index in [2.05, 4.69) is 34.8 Å². The van der Waals surface area contributed by atoms with E-state index >= 15 is 0 Å². The van der Waals surface area contributed by atoms with E-state index in [0.717, 1.165) is 19.4 Å². The molecule has 1 fully saturated rings. The first kappa shape index (κ1) is 18.0. The van der Waals surface area contributed by atoms with Crippen LogP contribution in [-0.4, -0.2) is 23.0 Å². The van der Waals surface area contributed by atoms with Crippen molar-refractivity contribution in [3.05, 3.63) is 18.7 Å². The summed E-state index contributed by atoms with van der Waals surface area (Å²) in [5.41, 5.74) is 0. The van der Waals surface area contributed by atoms with Crippen LogP contribution in [0.3, 0.4) is 0 Å². The summed E-state index contributed by atoms with van der Waals surface area (Å²) in [6.07, 6.45) is 13.2. The van der Waals surface area contributed by atoms with Gasteiger partial charge in [-0.15, -0.1) is 0 Å². The third-order valence-corrected chi connectivity index (χ3v) is 3.56. The van der Waals surface area contributed by atoms with Crippen LogP contribution in [0.5, 0.6) is 0 Å². The van der Waals surface area contributed by atoms with E-state index in [4.69, 9.17) is 0 Å². The zero-order valence-corrected chi connectivity index (χ0v) is 12.3. The molecule has 1 N–H and O–H groups in total. The summed E-state index contributed by atoms with van der Waals surface area (Å²) in [6, 6.07) is 0.302. The number of unbranched alkanes of at least 4 members (excludes halogenated alkanes) is 1. The molecule has 8 heteroatoms. The third-order valence-electron chi connectivity index (χ3n) is 3.56. The van der Waals surface area contributed by atoms with Crippen molar-refractivity contribution in [1.82, 2.24) is 4.57 Å². The van der Waals surface area contributed by atoms with Crippen molar-refractivity contribution in [2.24, 2.45) is 0 Å². The minimum Gasteiger partial charge on any atom is -0.418 e. The fraction of sp³-hybridized carbons (Fsp3) is 0.769. The predicted molar refractivity (Wildman–Crippen MR) is 73.2 cm³/mol. The number of hydrogen-bond donors (Lipinski definition) is 1. The zero-order valence-electron chi connectivity index (χ0n) is 12.3. The lowest BCUT2D eigenvalue weighted by Gasteiger charge is -2.24. The molecule has 0 spiro atoms. The second-order valence-electron chi connectivity index (χ2n) is 5.37. The number of aliphatic hydroxyl groups excluding tert-OH is 1. The lowest BCUT2D eigenvalue weighted by Crippen LogP contribution is -2.46. The highest BCUT2D eigenvalue weighted by atomic mass is 19.5. The molecule has 1 aromatic rings. The molecule has 1 heterocycles. The van der Waals surface area contributed by atoms with Gasteiger partial charge in [0.1, 0.15) is 18.4 Å². The molecule has 0 bridgehead atoms. The molecule has 21 heavy (non-hydrogen) atoms. The molecule has 1 aliphatic rings. The SMILES string of the molecule is CCCCn1cc[n+]([C@H]2CCCC[C@@H]2O)c1.F[B-](F)(F)F. The number of aryl methyl sites for hydroxylation is 1. The van der Waals surface area contributed by atoms with E-state index in [-0.39, 0.29) is 6.10 Å². The van der Waals surface area contributed by atoms with Gasteiger partial charge in [0.15, 0.2) is 0 Å². The maximum Gasteiger partial charge on any atom is 0.673 e. The number of aliphatic hydroxyl groups is 1. The summed E-state index contributed by atoms with van der Waals surface area (Å²) >= 11 is 0. The number of halogens is 4. The lowest BCUT2D eigenvalue weighted by atomic mass is 9.92. The minimum absolute atomic E-state index is 0.152. The van der Waals surface area contributed by atoms with Gasteiger partial charge in [0.05, 0.1) is 12.6 Å². The Balaban J connectivity index is 0.000000383. The Morgan fingerprint density at radius 2 is 1.86 bits per heavy atom. The van der Waals surface area contributed by atoms with Gasteiger partial charge in [-0.2, -0.15) is 0 Å². The Bertz CT molecular complexity index is 405. The molecule has 0 unspecified atom stereocenters. The highest BCUT2D eigenvalue weighted by Crippen LogP contribution is 2.24. The normalized spacial score (nSPS) is 22.6. The molecule has 0 aromatic carbocycles. The maximum atomic E-state index is 9.98. The van der Waals surface area contributed by atoms with E-state index < -0.39 is 7.25 Å². The van der Waals surface area contributed by atoms with Crippen molar-refractivity contribution in [1.29, 1.82) is 0 Å². The largest absolute Gasteiger partial charge is 0.673 e. The van der Waals surface area contributed by atoms with Gasteiger partial charge in [-0.3, -0.25) is 0 Å². The van der Waals surface area contributed by atoms with Crippen LogP contribution < -0.4 is 4.57 Å². The number of imidazole rings is 1. The van der Waals surface area contributed by atoms with Gasteiger partial charge in [0.25, 0.3) is 0 Å². The molecule has 0 radical (unpaired) electrons. The lowest BCUT2D eigenvalue weighted by molar-refractivity contribution is -0.732. The Hall–Kier alpha value is -1.05. The molecule has 0 saturated heterocycles. The Morgan fingerprint density at radius 1 is 1.24 bits per heavy atom. The summed E-state index contributed by atoms with van der Waals surface area (Å²) in [5, 5.41) is 9.98. The molecular weight excluding hydrogens is 287 g/mol. The molecule has 122 valence electrons. The van der Waals surface area contributed by atoms with Crippen molar-refractivity contribution in [2.45, 2.75) is 64.1 Å². The van der Waals surface area contributed by atoms with E-state index in [1.807, 2.05) is 0 Å². The maximum absolute atomic E-state index is 9.98. The second kappa shape index (κ2) is 8.41. The van der Waals surface area contributed by atoms with E-state index in [1.165, 1.54) is 25.7 Å². The van der Waals surface area contributed by atoms with Crippen molar-refractivity contribution in [3.63, 3.8) is 0 Å². The topological polar surface area (TPSA) is 29.0 Å².